The Morgan fingerprint density at radius 3 is 2.45 bits per heavy atom. The van der Waals surface area contributed by atoms with Crippen LogP contribution >= 0.6 is 11.3 Å². The topological polar surface area (TPSA) is 113 Å². The molecule has 8 nitrogen and oxygen atoms in total. The van der Waals surface area contributed by atoms with Gasteiger partial charge in [-0.3, -0.25) is 9.59 Å². The Balaban J connectivity index is 1.26. The largest absolute Gasteiger partial charge is 0.478 e. The lowest BCUT2D eigenvalue weighted by Gasteiger charge is -2.29. The summed E-state index contributed by atoms with van der Waals surface area (Å²) < 4.78 is 2.17. The zero-order chi connectivity index (χ0) is 29.3. The third kappa shape index (κ3) is 5.36. The van der Waals surface area contributed by atoms with Gasteiger partial charge in [0.25, 0.3) is 5.91 Å². The van der Waals surface area contributed by atoms with Crippen LogP contribution in [-0.4, -0.2) is 38.0 Å². The van der Waals surface area contributed by atoms with Gasteiger partial charge in [-0.1, -0.05) is 43.9 Å². The molecule has 0 unspecified atom stereocenters. The number of carbonyl (C=O) groups is 3. The summed E-state index contributed by atoms with van der Waals surface area (Å²) in [5.74, 6) is -1.04. The molecule has 0 radical (unpaired) electrons. The molecule has 4 aromatic rings. The van der Waals surface area contributed by atoms with Crippen molar-refractivity contribution in [3.05, 3.63) is 76.1 Å². The Labute approximate surface area is 248 Å². The number of thiazole rings is 1. The van der Waals surface area contributed by atoms with Crippen LogP contribution in [0.25, 0.3) is 28.4 Å². The second-order valence-corrected chi connectivity index (χ2v) is 12.1. The van der Waals surface area contributed by atoms with Gasteiger partial charge in [0.2, 0.25) is 5.91 Å². The van der Waals surface area contributed by atoms with E-state index in [-0.39, 0.29) is 11.8 Å². The molecule has 6 rings (SSSR count). The molecule has 3 N–H and O–H groups in total. The molecule has 0 saturated heterocycles. The first kappa shape index (κ1) is 27.9. The van der Waals surface area contributed by atoms with E-state index in [1.807, 2.05) is 24.7 Å². The molecule has 2 fully saturated rings. The molecular formula is C33H34N4O4S. The van der Waals surface area contributed by atoms with Crippen molar-refractivity contribution in [3.8, 4) is 11.4 Å². The molecular weight excluding hydrogens is 548 g/mol. The average Bonchev–Trinajstić information content (AvgIpc) is 3.80. The lowest BCUT2D eigenvalue weighted by Crippen LogP contribution is -2.55. The summed E-state index contributed by atoms with van der Waals surface area (Å²) in [7, 11) is 2.05. The van der Waals surface area contributed by atoms with Crippen LogP contribution in [0.4, 0.5) is 5.69 Å². The Morgan fingerprint density at radius 1 is 1.05 bits per heavy atom. The number of aromatic nitrogens is 2. The van der Waals surface area contributed by atoms with Gasteiger partial charge in [-0.05, 0) is 73.1 Å². The first-order chi connectivity index (χ1) is 20.3. The molecule has 42 heavy (non-hydrogen) atoms. The second kappa shape index (κ2) is 11.6. The maximum Gasteiger partial charge on any atom is 0.328 e. The standard InChI is InChI=1S/C33H34N4O4S/c1-37-27-18-23(11-14-25(27)29(22-6-2-3-7-22)30(37)26-19-42-20-34-26)31(40)36-33(16-4-5-17-33)32(41)35-24-12-8-21(9-13-24)10-15-28(38)39/h8-15,18-20,22H,2-7,16-17H2,1H3,(H,35,41)(H,36,40)(H,38,39)/b15-10+. The van der Waals surface area contributed by atoms with Crippen molar-refractivity contribution in [2.45, 2.75) is 62.8 Å². The van der Waals surface area contributed by atoms with Crippen molar-refractivity contribution in [3.63, 3.8) is 0 Å². The van der Waals surface area contributed by atoms with Crippen LogP contribution in [0.2, 0.25) is 0 Å². The number of rotatable bonds is 8. The summed E-state index contributed by atoms with van der Waals surface area (Å²) in [5, 5.41) is 18.2. The van der Waals surface area contributed by atoms with Crippen molar-refractivity contribution < 1.29 is 19.5 Å². The summed E-state index contributed by atoms with van der Waals surface area (Å²) >= 11 is 1.59. The van der Waals surface area contributed by atoms with Crippen molar-refractivity contribution in [1.29, 1.82) is 0 Å². The van der Waals surface area contributed by atoms with Gasteiger partial charge < -0.3 is 20.3 Å². The smallest absolute Gasteiger partial charge is 0.328 e. The summed E-state index contributed by atoms with van der Waals surface area (Å²) in [5.41, 5.74) is 7.13. The molecule has 2 aliphatic rings. The molecule has 0 aliphatic heterocycles. The minimum atomic E-state index is -1.02. The Kier molecular flexibility index (Phi) is 7.68. The fraction of sp³-hybridized carbons (Fsp3) is 0.333. The fourth-order valence-electron chi connectivity index (χ4n) is 6.65. The minimum Gasteiger partial charge on any atom is -0.478 e. The summed E-state index contributed by atoms with van der Waals surface area (Å²) in [6.45, 7) is 0. The number of fused-ring (bicyclic) bond motifs is 1. The molecule has 2 aromatic carbocycles. The fourth-order valence-corrected chi connectivity index (χ4v) is 7.18. The number of hydrogen-bond acceptors (Lipinski definition) is 5. The van der Waals surface area contributed by atoms with Gasteiger partial charge >= 0.3 is 5.97 Å². The van der Waals surface area contributed by atoms with E-state index in [0.717, 1.165) is 48.7 Å². The van der Waals surface area contributed by atoms with Crippen LogP contribution in [-0.2, 0) is 16.6 Å². The van der Waals surface area contributed by atoms with Gasteiger partial charge in [-0.25, -0.2) is 9.78 Å². The summed E-state index contributed by atoms with van der Waals surface area (Å²) in [4.78, 5) is 42.7. The highest BCUT2D eigenvalue weighted by molar-refractivity contribution is 7.07. The van der Waals surface area contributed by atoms with Crippen LogP contribution in [0, 0.1) is 0 Å². The number of nitrogens with zero attached hydrogens (tertiary/aromatic N) is 2. The van der Waals surface area contributed by atoms with E-state index >= 15 is 0 Å². The number of amides is 2. The minimum absolute atomic E-state index is 0.239. The molecule has 2 amide bonds. The highest BCUT2D eigenvalue weighted by Crippen LogP contribution is 2.44. The molecule has 2 aliphatic carbocycles. The van der Waals surface area contributed by atoms with Gasteiger partial charge in [0, 0.05) is 40.7 Å². The third-order valence-electron chi connectivity index (χ3n) is 8.77. The van der Waals surface area contributed by atoms with E-state index < -0.39 is 11.5 Å². The first-order valence-electron chi connectivity index (χ1n) is 14.5. The van der Waals surface area contributed by atoms with Crippen LogP contribution < -0.4 is 10.6 Å². The maximum atomic E-state index is 13.7. The Hall–Kier alpha value is -4.24. The second-order valence-electron chi connectivity index (χ2n) is 11.4. The zero-order valence-corrected chi connectivity index (χ0v) is 24.4. The monoisotopic (exact) mass is 582 g/mol. The molecule has 0 spiro atoms. The normalized spacial score (nSPS) is 16.8. The number of carboxylic acids is 1. The summed E-state index contributed by atoms with van der Waals surface area (Å²) in [6.07, 6.45) is 10.2. The maximum absolute atomic E-state index is 13.7. The van der Waals surface area contributed by atoms with Gasteiger partial charge in [0.05, 0.1) is 16.9 Å². The van der Waals surface area contributed by atoms with Crippen molar-refractivity contribution in [2.75, 3.05) is 5.32 Å². The van der Waals surface area contributed by atoms with E-state index in [2.05, 4.69) is 31.6 Å². The highest BCUT2D eigenvalue weighted by atomic mass is 32.1. The van der Waals surface area contributed by atoms with Crippen LogP contribution in [0.5, 0.6) is 0 Å². The van der Waals surface area contributed by atoms with E-state index in [1.165, 1.54) is 29.9 Å². The van der Waals surface area contributed by atoms with Crippen LogP contribution in [0.3, 0.4) is 0 Å². The quantitative estimate of drug-likeness (QED) is 0.199. The number of aliphatic carboxylic acids is 1. The SMILES string of the molecule is Cn1c(-c2cscn2)c(C2CCCC2)c2ccc(C(=O)NC3(C(=O)Nc4ccc(/C=C/C(=O)O)cc4)CCCC3)cc21. The van der Waals surface area contributed by atoms with Gasteiger partial charge in [0.1, 0.15) is 5.54 Å². The zero-order valence-electron chi connectivity index (χ0n) is 23.6. The van der Waals surface area contributed by atoms with Gasteiger partial charge in [-0.15, -0.1) is 11.3 Å². The lowest BCUT2D eigenvalue weighted by molar-refractivity contribution is -0.131. The Morgan fingerprint density at radius 2 is 1.79 bits per heavy atom. The third-order valence-corrected chi connectivity index (χ3v) is 9.36. The van der Waals surface area contributed by atoms with Crippen molar-refractivity contribution in [2.24, 2.45) is 7.05 Å². The molecule has 2 heterocycles. The lowest BCUT2D eigenvalue weighted by atomic mass is 9.93. The number of nitrogens with one attached hydrogen (secondary N) is 2. The van der Waals surface area contributed by atoms with E-state index in [0.29, 0.717) is 35.6 Å². The molecule has 9 heteroatoms. The Bertz CT molecular complexity index is 1660. The summed E-state index contributed by atoms with van der Waals surface area (Å²) in [6, 6.07) is 12.8. The van der Waals surface area contributed by atoms with Gasteiger partial charge in [0.15, 0.2) is 0 Å². The predicted molar refractivity (Wildman–Crippen MR) is 166 cm³/mol. The number of carbonyl (C=O) groups excluding carboxylic acids is 2. The molecule has 0 bridgehead atoms. The van der Waals surface area contributed by atoms with Crippen molar-refractivity contribution >= 4 is 51.8 Å². The van der Waals surface area contributed by atoms with Crippen molar-refractivity contribution in [1.82, 2.24) is 14.9 Å². The molecule has 0 atom stereocenters. The molecule has 2 saturated carbocycles. The average molecular weight is 583 g/mol. The molecule has 216 valence electrons. The predicted octanol–water partition coefficient (Wildman–Crippen LogP) is 6.74. The van der Waals surface area contributed by atoms with Gasteiger partial charge in [-0.2, -0.15) is 0 Å². The van der Waals surface area contributed by atoms with E-state index in [1.54, 1.807) is 35.6 Å². The number of anilines is 1. The number of benzene rings is 2. The molecule has 2 aromatic heterocycles. The van der Waals surface area contributed by atoms with Crippen LogP contribution in [0.1, 0.15) is 78.8 Å². The number of carboxylic acid groups (broad SMARTS) is 1. The van der Waals surface area contributed by atoms with E-state index in [9.17, 15) is 14.4 Å². The first-order valence-corrected chi connectivity index (χ1v) is 15.4. The van der Waals surface area contributed by atoms with Crippen LogP contribution in [0.15, 0.2) is 59.4 Å². The highest BCUT2D eigenvalue weighted by Gasteiger charge is 2.42. The number of aryl methyl sites for hydroxylation is 1. The number of hydrogen-bond donors (Lipinski definition) is 3. The van der Waals surface area contributed by atoms with E-state index in [4.69, 9.17) is 5.11 Å².